The highest BCUT2D eigenvalue weighted by atomic mass is 16.7. The third kappa shape index (κ3) is 5.49. The average molecular weight is 301 g/mol. The molecule has 1 aliphatic rings. The molecule has 5 atom stereocenters. The average Bonchev–Trinajstić information content (AvgIpc) is 2.48. The second kappa shape index (κ2) is 9.55. The van der Waals surface area contributed by atoms with Crippen molar-refractivity contribution in [3.63, 3.8) is 0 Å². The van der Waals surface area contributed by atoms with Crippen LogP contribution in [0.1, 0.15) is 6.42 Å². The van der Waals surface area contributed by atoms with E-state index in [1.54, 1.807) is 0 Å². The molecule has 0 aromatic heterocycles. The van der Waals surface area contributed by atoms with Gasteiger partial charge in [-0.3, -0.25) is 0 Å². The van der Waals surface area contributed by atoms with Gasteiger partial charge in [0.15, 0.2) is 6.29 Å². The van der Waals surface area contributed by atoms with Crippen LogP contribution in [0.3, 0.4) is 0 Å². The summed E-state index contributed by atoms with van der Waals surface area (Å²) in [5, 5.41) is 32.7. The summed E-state index contributed by atoms with van der Waals surface area (Å²) in [6.07, 6.45) is -0.600. The highest BCUT2D eigenvalue weighted by Gasteiger charge is 2.44. The standard InChI is InChI=1S/C12H19N3O6/c1-2-5-19-7-8-9(16)10(17)11(18)12(21-8)20-6-3-4-14-15-13/h1,8-12,16-18H,3-7H2/t8?,9-,10+,11?,12-/m1/s1. The summed E-state index contributed by atoms with van der Waals surface area (Å²) in [6.45, 7) is 0.428. The van der Waals surface area contributed by atoms with Crippen molar-refractivity contribution >= 4 is 0 Å². The van der Waals surface area contributed by atoms with Crippen molar-refractivity contribution in [1.82, 2.24) is 0 Å². The number of aliphatic hydroxyl groups is 3. The minimum atomic E-state index is -1.42. The molecule has 21 heavy (non-hydrogen) atoms. The van der Waals surface area contributed by atoms with Crippen molar-refractivity contribution in [2.75, 3.05) is 26.4 Å². The van der Waals surface area contributed by atoms with Crippen LogP contribution in [0.5, 0.6) is 0 Å². The van der Waals surface area contributed by atoms with Crippen LogP contribution in [0, 0.1) is 12.3 Å². The number of azide groups is 1. The third-order valence-electron chi connectivity index (χ3n) is 2.88. The van der Waals surface area contributed by atoms with Crippen molar-refractivity contribution in [2.45, 2.75) is 37.1 Å². The molecule has 118 valence electrons. The van der Waals surface area contributed by atoms with E-state index in [1.807, 2.05) is 0 Å². The smallest absolute Gasteiger partial charge is 0.186 e. The van der Waals surface area contributed by atoms with Crippen LogP contribution in [0.25, 0.3) is 10.4 Å². The summed E-state index contributed by atoms with van der Waals surface area (Å²) in [5.74, 6) is 2.26. The van der Waals surface area contributed by atoms with Crippen LogP contribution in [0.2, 0.25) is 0 Å². The molecule has 0 aliphatic carbocycles. The molecule has 0 radical (unpaired) electrons. The lowest BCUT2D eigenvalue weighted by atomic mass is 9.99. The Hall–Kier alpha value is -1.37. The molecular formula is C12H19N3O6. The first-order chi connectivity index (χ1) is 10.1. The number of terminal acetylenes is 1. The Morgan fingerprint density at radius 2 is 2.05 bits per heavy atom. The molecule has 0 aromatic carbocycles. The lowest BCUT2D eigenvalue weighted by Gasteiger charge is -2.40. The fourth-order valence-corrected chi connectivity index (χ4v) is 1.81. The van der Waals surface area contributed by atoms with Crippen molar-refractivity contribution in [1.29, 1.82) is 0 Å². The van der Waals surface area contributed by atoms with Crippen molar-refractivity contribution < 1.29 is 29.5 Å². The van der Waals surface area contributed by atoms with Gasteiger partial charge in [-0.25, -0.2) is 0 Å². The zero-order valence-corrected chi connectivity index (χ0v) is 11.4. The lowest BCUT2D eigenvalue weighted by molar-refractivity contribution is -0.302. The van der Waals surface area contributed by atoms with Crippen LogP contribution in [-0.2, 0) is 14.2 Å². The van der Waals surface area contributed by atoms with Crippen LogP contribution in [-0.4, -0.2) is 72.4 Å². The molecule has 1 heterocycles. The Morgan fingerprint density at radius 3 is 2.71 bits per heavy atom. The van der Waals surface area contributed by atoms with Gasteiger partial charge in [-0.05, 0) is 12.0 Å². The number of hydrogen-bond donors (Lipinski definition) is 3. The molecular weight excluding hydrogens is 282 g/mol. The van der Waals surface area contributed by atoms with Gasteiger partial charge in [0, 0.05) is 18.1 Å². The van der Waals surface area contributed by atoms with Crippen molar-refractivity contribution in [2.24, 2.45) is 5.11 Å². The van der Waals surface area contributed by atoms with E-state index in [4.69, 9.17) is 26.2 Å². The van der Waals surface area contributed by atoms with Gasteiger partial charge in [0.2, 0.25) is 0 Å². The van der Waals surface area contributed by atoms with Crippen LogP contribution in [0.15, 0.2) is 5.11 Å². The summed E-state index contributed by atoms with van der Waals surface area (Å²) < 4.78 is 15.7. The van der Waals surface area contributed by atoms with E-state index in [0.29, 0.717) is 6.42 Å². The maximum Gasteiger partial charge on any atom is 0.186 e. The molecule has 1 rings (SSSR count). The van der Waals surface area contributed by atoms with Crippen molar-refractivity contribution in [3.05, 3.63) is 10.4 Å². The Kier molecular flexibility index (Phi) is 8.04. The van der Waals surface area contributed by atoms with Crippen LogP contribution in [0.4, 0.5) is 0 Å². The molecule has 1 saturated heterocycles. The maximum absolute atomic E-state index is 9.79. The molecule has 0 amide bonds. The van der Waals surface area contributed by atoms with Gasteiger partial charge < -0.3 is 29.5 Å². The minimum Gasteiger partial charge on any atom is -0.387 e. The van der Waals surface area contributed by atoms with Gasteiger partial charge in [0.05, 0.1) is 6.61 Å². The zero-order chi connectivity index (χ0) is 15.7. The molecule has 2 unspecified atom stereocenters. The molecule has 1 aliphatic heterocycles. The van der Waals surface area contributed by atoms with Gasteiger partial charge in [-0.2, -0.15) is 0 Å². The number of ether oxygens (including phenoxy) is 3. The van der Waals surface area contributed by atoms with Gasteiger partial charge in [-0.1, -0.05) is 11.0 Å². The maximum atomic E-state index is 9.79. The quantitative estimate of drug-likeness (QED) is 0.176. The van der Waals surface area contributed by atoms with Crippen molar-refractivity contribution in [3.8, 4) is 12.3 Å². The number of nitrogens with zero attached hydrogens (tertiary/aromatic N) is 3. The molecule has 3 N–H and O–H groups in total. The third-order valence-corrected chi connectivity index (χ3v) is 2.88. The summed E-state index contributed by atoms with van der Waals surface area (Å²) in [7, 11) is 0. The fourth-order valence-electron chi connectivity index (χ4n) is 1.81. The molecule has 0 aromatic rings. The predicted octanol–water partition coefficient (Wildman–Crippen LogP) is -0.839. The molecule has 9 heteroatoms. The zero-order valence-electron chi connectivity index (χ0n) is 11.4. The van der Waals surface area contributed by atoms with Gasteiger partial charge in [0.25, 0.3) is 0 Å². The van der Waals surface area contributed by atoms with Gasteiger partial charge >= 0.3 is 0 Å². The first-order valence-corrected chi connectivity index (χ1v) is 6.45. The van der Waals surface area contributed by atoms with E-state index in [9.17, 15) is 15.3 Å². The van der Waals surface area contributed by atoms with E-state index in [2.05, 4.69) is 15.9 Å². The second-order valence-corrected chi connectivity index (χ2v) is 4.41. The second-order valence-electron chi connectivity index (χ2n) is 4.41. The SMILES string of the molecule is C#CCOCC1O[C@@H](OCCCN=[N+]=[N-])C(O)[C@@H](O)[C@@H]1O. The van der Waals surface area contributed by atoms with E-state index in [-0.39, 0.29) is 26.4 Å². The minimum absolute atomic E-state index is 0.0340. The van der Waals surface area contributed by atoms with Crippen LogP contribution >= 0.6 is 0 Å². The highest BCUT2D eigenvalue weighted by molar-refractivity contribution is 4.90. The summed E-state index contributed by atoms with van der Waals surface area (Å²) in [5.41, 5.74) is 8.12. The van der Waals surface area contributed by atoms with E-state index < -0.39 is 30.7 Å². The van der Waals surface area contributed by atoms with Gasteiger partial charge in [0.1, 0.15) is 31.0 Å². The van der Waals surface area contributed by atoms with Gasteiger partial charge in [-0.15, -0.1) is 6.42 Å². The Labute approximate surface area is 122 Å². The Morgan fingerprint density at radius 1 is 1.29 bits per heavy atom. The Balaban J connectivity index is 2.46. The summed E-state index contributed by atoms with van der Waals surface area (Å²) in [4.78, 5) is 2.59. The Bertz CT molecular complexity index is 395. The molecule has 0 saturated carbocycles. The molecule has 9 nitrogen and oxygen atoms in total. The lowest BCUT2D eigenvalue weighted by Crippen LogP contribution is -2.59. The molecule has 0 bridgehead atoms. The first kappa shape index (κ1) is 17.7. The number of aliphatic hydroxyl groups excluding tert-OH is 3. The van der Waals surface area contributed by atoms with Crippen LogP contribution < -0.4 is 0 Å². The highest BCUT2D eigenvalue weighted by Crippen LogP contribution is 2.22. The monoisotopic (exact) mass is 301 g/mol. The molecule has 1 fully saturated rings. The predicted molar refractivity (Wildman–Crippen MR) is 70.9 cm³/mol. The topological polar surface area (TPSA) is 137 Å². The largest absolute Gasteiger partial charge is 0.387 e. The summed E-state index contributed by atoms with van der Waals surface area (Å²) >= 11 is 0. The number of rotatable bonds is 8. The molecule has 0 spiro atoms. The normalized spacial score (nSPS) is 32.2. The van der Waals surface area contributed by atoms with E-state index in [1.165, 1.54) is 0 Å². The fraction of sp³-hybridized carbons (Fsp3) is 0.833. The van der Waals surface area contributed by atoms with E-state index in [0.717, 1.165) is 0 Å². The first-order valence-electron chi connectivity index (χ1n) is 6.45. The summed E-state index contributed by atoms with van der Waals surface area (Å²) in [6, 6.07) is 0. The van der Waals surface area contributed by atoms with E-state index >= 15 is 0 Å². The number of hydrogen-bond acceptors (Lipinski definition) is 7.